The van der Waals surface area contributed by atoms with Crippen molar-refractivity contribution in [3.8, 4) is 5.75 Å². The van der Waals surface area contributed by atoms with Gasteiger partial charge in [0, 0.05) is 12.6 Å². The maximum atomic E-state index is 12.8. The molecule has 0 aliphatic heterocycles. The van der Waals surface area contributed by atoms with E-state index in [1.165, 1.54) is 44.1 Å². The van der Waals surface area contributed by atoms with Crippen LogP contribution < -0.4 is 10.1 Å². The lowest BCUT2D eigenvalue weighted by molar-refractivity contribution is 0.0896. The van der Waals surface area contributed by atoms with Gasteiger partial charge < -0.3 is 19.4 Å². The summed E-state index contributed by atoms with van der Waals surface area (Å²) in [5.41, 5.74) is 2.33. The van der Waals surface area contributed by atoms with Crippen LogP contribution >= 0.6 is 0 Å². The van der Waals surface area contributed by atoms with Crippen LogP contribution in [0.1, 0.15) is 107 Å². The Kier molecular flexibility index (Phi) is 12.2. The van der Waals surface area contributed by atoms with Gasteiger partial charge in [-0.05, 0) is 75.0 Å². The number of nitrogens with zero attached hydrogens (tertiary/aromatic N) is 1. The Hall–Kier alpha value is -2.27. The molecule has 0 aliphatic carbocycles. The largest absolute Gasteiger partial charge is 0.485 e. The molecular weight excluding hydrogens is 424 g/mol. The Balaban J connectivity index is 1.89. The molecule has 5 heteroatoms. The molecule has 0 saturated heterocycles. The van der Waals surface area contributed by atoms with Crippen LogP contribution in [0.25, 0.3) is 0 Å². The summed E-state index contributed by atoms with van der Waals surface area (Å²) < 4.78 is 11.9. The highest BCUT2D eigenvalue weighted by Crippen LogP contribution is 2.28. The zero-order valence-corrected chi connectivity index (χ0v) is 22.3. The first kappa shape index (κ1) is 28.0. The van der Waals surface area contributed by atoms with Crippen molar-refractivity contribution in [3.63, 3.8) is 0 Å². The molecule has 0 fully saturated rings. The third kappa shape index (κ3) is 9.54. The Bertz CT molecular complexity index is 849. The van der Waals surface area contributed by atoms with Gasteiger partial charge in [-0.3, -0.25) is 4.79 Å². The highest BCUT2D eigenvalue weighted by molar-refractivity contribution is 5.91. The fourth-order valence-electron chi connectivity index (χ4n) is 4.16. The van der Waals surface area contributed by atoms with Crippen molar-refractivity contribution in [2.24, 2.45) is 0 Å². The molecule has 0 bridgehead atoms. The van der Waals surface area contributed by atoms with Gasteiger partial charge in [-0.25, -0.2) is 0 Å². The number of amides is 1. The minimum atomic E-state index is -0.167. The number of benzene rings is 1. The van der Waals surface area contributed by atoms with Gasteiger partial charge in [0.25, 0.3) is 5.91 Å². The summed E-state index contributed by atoms with van der Waals surface area (Å²) in [5.74, 6) is 2.06. The van der Waals surface area contributed by atoms with Crippen molar-refractivity contribution in [2.75, 3.05) is 19.6 Å². The van der Waals surface area contributed by atoms with Crippen LogP contribution in [0.2, 0.25) is 0 Å². The first-order chi connectivity index (χ1) is 16.3. The van der Waals surface area contributed by atoms with Gasteiger partial charge >= 0.3 is 0 Å². The number of carbonyl (C=O) groups is 1. The molecule has 34 heavy (non-hydrogen) atoms. The van der Waals surface area contributed by atoms with E-state index in [2.05, 4.69) is 70.0 Å². The lowest BCUT2D eigenvalue weighted by atomic mass is 10.0. The van der Waals surface area contributed by atoms with Crippen molar-refractivity contribution in [1.82, 2.24) is 10.2 Å². The second-order valence-corrected chi connectivity index (χ2v) is 9.84. The van der Waals surface area contributed by atoms with Gasteiger partial charge in [0.1, 0.15) is 18.1 Å². The number of furan rings is 1. The smallest absolute Gasteiger partial charge is 0.287 e. The van der Waals surface area contributed by atoms with Crippen LogP contribution in [0.15, 0.2) is 34.7 Å². The van der Waals surface area contributed by atoms with Gasteiger partial charge in [-0.15, -0.1) is 0 Å². The maximum Gasteiger partial charge on any atom is 0.287 e. The number of aryl methyl sites for hydroxylation is 1. The Morgan fingerprint density at radius 2 is 1.68 bits per heavy atom. The van der Waals surface area contributed by atoms with Crippen molar-refractivity contribution >= 4 is 5.91 Å². The second-order valence-electron chi connectivity index (χ2n) is 9.84. The molecule has 0 aliphatic rings. The third-order valence-electron chi connectivity index (χ3n) is 6.11. The van der Waals surface area contributed by atoms with E-state index in [1.54, 1.807) is 6.07 Å². The summed E-state index contributed by atoms with van der Waals surface area (Å²) in [6, 6.07) is 9.90. The first-order valence-corrected chi connectivity index (χ1v) is 13.2. The van der Waals surface area contributed by atoms with E-state index >= 15 is 0 Å². The SMILES string of the molecule is CCCCCN(CCCCC)CC(C)NC(=O)c1ccc(COc2cc(C)ccc2C(C)C)o1. The van der Waals surface area contributed by atoms with E-state index in [-0.39, 0.29) is 11.9 Å². The fourth-order valence-corrected chi connectivity index (χ4v) is 4.16. The van der Waals surface area contributed by atoms with Crippen molar-refractivity contribution in [1.29, 1.82) is 0 Å². The number of ether oxygens (including phenoxy) is 1. The molecule has 2 aromatic rings. The van der Waals surface area contributed by atoms with Gasteiger partial charge in [-0.1, -0.05) is 65.5 Å². The van der Waals surface area contributed by atoms with Gasteiger partial charge in [0.15, 0.2) is 5.76 Å². The van der Waals surface area contributed by atoms with Crippen LogP contribution in [-0.4, -0.2) is 36.5 Å². The van der Waals surface area contributed by atoms with Gasteiger partial charge in [0.2, 0.25) is 0 Å². The monoisotopic (exact) mass is 470 g/mol. The molecular formula is C29H46N2O3. The number of carbonyl (C=O) groups excluding carboxylic acids is 1. The first-order valence-electron chi connectivity index (χ1n) is 13.2. The lowest BCUT2D eigenvalue weighted by Gasteiger charge is -2.26. The van der Waals surface area contributed by atoms with E-state index in [0.717, 1.165) is 30.9 Å². The maximum absolute atomic E-state index is 12.8. The second kappa shape index (κ2) is 14.9. The summed E-state index contributed by atoms with van der Waals surface area (Å²) in [4.78, 5) is 15.3. The molecule has 1 amide bonds. The summed E-state index contributed by atoms with van der Waals surface area (Å²) in [6.07, 6.45) is 7.38. The third-order valence-corrected chi connectivity index (χ3v) is 6.11. The average molecular weight is 471 g/mol. The van der Waals surface area contributed by atoms with Crippen LogP contribution in [0.4, 0.5) is 0 Å². The number of rotatable bonds is 16. The van der Waals surface area contributed by atoms with Crippen LogP contribution in [0, 0.1) is 6.92 Å². The normalized spacial score (nSPS) is 12.4. The molecule has 0 spiro atoms. The Morgan fingerprint density at radius 1 is 1.00 bits per heavy atom. The highest BCUT2D eigenvalue weighted by atomic mass is 16.5. The standard InChI is InChI=1S/C29H46N2O3/c1-7-9-11-17-31(18-12-10-8-2)20-24(6)30-29(32)27-16-14-25(34-27)21-33-28-19-23(5)13-15-26(28)22(3)4/h13-16,19,22,24H,7-12,17-18,20-21H2,1-6H3,(H,30,32). The summed E-state index contributed by atoms with van der Waals surface area (Å²) in [6.45, 7) is 16.3. The molecule has 1 N–H and O–H groups in total. The molecule has 5 nitrogen and oxygen atoms in total. The van der Waals surface area contributed by atoms with E-state index in [4.69, 9.17) is 9.15 Å². The molecule has 1 unspecified atom stereocenters. The van der Waals surface area contributed by atoms with Gasteiger partial charge in [0.05, 0.1) is 0 Å². The zero-order chi connectivity index (χ0) is 24.9. The minimum absolute atomic E-state index is 0.0569. The highest BCUT2D eigenvalue weighted by Gasteiger charge is 2.17. The Labute approximate surface area is 207 Å². The van der Waals surface area contributed by atoms with Gasteiger partial charge in [-0.2, -0.15) is 0 Å². The average Bonchev–Trinajstić information content (AvgIpc) is 3.27. The van der Waals surface area contributed by atoms with Crippen LogP contribution in [0.5, 0.6) is 5.75 Å². The minimum Gasteiger partial charge on any atom is -0.485 e. The van der Waals surface area contributed by atoms with Crippen molar-refractivity contribution in [2.45, 2.75) is 98.6 Å². The van der Waals surface area contributed by atoms with Crippen molar-refractivity contribution in [3.05, 3.63) is 53.0 Å². The molecule has 1 atom stereocenters. The quantitative estimate of drug-likeness (QED) is 0.266. The molecule has 190 valence electrons. The lowest BCUT2D eigenvalue weighted by Crippen LogP contribution is -2.42. The van der Waals surface area contributed by atoms with Crippen molar-refractivity contribution < 1.29 is 13.9 Å². The topological polar surface area (TPSA) is 54.7 Å². The molecule has 0 radical (unpaired) electrons. The number of unbranched alkanes of at least 4 members (excludes halogenated alkanes) is 4. The number of nitrogens with one attached hydrogen (secondary N) is 1. The van der Waals surface area contributed by atoms with E-state index in [1.807, 2.05) is 6.07 Å². The molecule has 0 saturated carbocycles. The number of hydrogen-bond donors (Lipinski definition) is 1. The zero-order valence-electron chi connectivity index (χ0n) is 22.3. The summed E-state index contributed by atoms with van der Waals surface area (Å²) in [7, 11) is 0. The molecule has 1 heterocycles. The molecule has 1 aromatic heterocycles. The van der Waals surface area contributed by atoms with E-state index in [9.17, 15) is 4.79 Å². The summed E-state index contributed by atoms with van der Waals surface area (Å²) in [5, 5.41) is 3.11. The predicted molar refractivity (Wildman–Crippen MR) is 141 cm³/mol. The van der Waals surface area contributed by atoms with E-state index in [0.29, 0.717) is 24.0 Å². The predicted octanol–water partition coefficient (Wildman–Crippen LogP) is 7.09. The van der Waals surface area contributed by atoms with E-state index < -0.39 is 0 Å². The van der Waals surface area contributed by atoms with Crippen LogP contribution in [0.3, 0.4) is 0 Å². The fraction of sp³-hybridized carbons (Fsp3) is 0.621. The summed E-state index contributed by atoms with van der Waals surface area (Å²) >= 11 is 0. The molecule has 1 aromatic carbocycles. The number of hydrogen-bond acceptors (Lipinski definition) is 4. The Morgan fingerprint density at radius 3 is 2.29 bits per heavy atom. The molecule has 2 rings (SSSR count). The van der Waals surface area contributed by atoms with Crippen LogP contribution in [-0.2, 0) is 6.61 Å².